The number of nitriles is 1. The number of benzene rings is 2. The normalized spacial score (nSPS) is 11.8. The largest absolute Gasteiger partial charge is 0.320 e. The van der Waals surface area contributed by atoms with Crippen LogP contribution in [0.5, 0.6) is 0 Å². The van der Waals surface area contributed by atoms with Gasteiger partial charge in [-0.3, -0.25) is 4.79 Å². The number of hydrogen-bond donors (Lipinski definition) is 1. The molecule has 0 aromatic heterocycles. The highest BCUT2D eigenvalue weighted by Crippen LogP contribution is 2.26. The fraction of sp³-hybridized carbons (Fsp3) is 0. The van der Waals surface area contributed by atoms with Crippen LogP contribution in [0.15, 0.2) is 65.2 Å². The number of rotatable bonds is 4. The molecule has 2 rings (SSSR count). The van der Waals surface area contributed by atoms with Crippen LogP contribution >= 0.6 is 34.8 Å². The Balaban J connectivity index is 2.19. The maximum Gasteiger partial charge on any atom is 0.266 e. The molecule has 120 valence electrons. The fourth-order valence-corrected chi connectivity index (χ4v) is 2.51. The van der Waals surface area contributed by atoms with Crippen molar-refractivity contribution in [3.63, 3.8) is 0 Å². The van der Waals surface area contributed by atoms with Crippen LogP contribution in [0.3, 0.4) is 0 Å². The third-order valence-corrected chi connectivity index (χ3v) is 3.70. The quantitative estimate of drug-likeness (QED) is 0.424. The summed E-state index contributed by atoms with van der Waals surface area (Å²) in [4.78, 5) is 12.2. The predicted octanol–water partition coefficient (Wildman–Crippen LogP) is 5.66. The number of nitrogens with zero attached hydrogens (tertiary/aromatic N) is 1. The Morgan fingerprint density at radius 1 is 1.12 bits per heavy atom. The second kappa shape index (κ2) is 8.56. The summed E-state index contributed by atoms with van der Waals surface area (Å²) in [6.07, 6.45) is 2.95. The SMILES string of the molecule is N#C/C(=C\C(Cl)=C\c1ccccc1)C(=O)Nc1ccc(Cl)cc1Cl. The third-order valence-electron chi connectivity index (χ3n) is 2.93. The summed E-state index contributed by atoms with van der Waals surface area (Å²) in [6, 6.07) is 15.8. The van der Waals surface area contributed by atoms with Crippen molar-refractivity contribution in [3.05, 3.63) is 80.8 Å². The van der Waals surface area contributed by atoms with Crippen LogP contribution in [-0.4, -0.2) is 5.91 Å². The number of carbonyl (C=O) groups excluding carboxylic acids is 1. The minimum absolute atomic E-state index is 0.141. The lowest BCUT2D eigenvalue weighted by Gasteiger charge is -2.06. The van der Waals surface area contributed by atoms with Crippen LogP contribution < -0.4 is 5.32 Å². The molecule has 24 heavy (non-hydrogen) atoms. The first-order valence-electron chi connectivity index (χ1n) is 6.80. The van der Waals surface area contributed by atoms with E-state index in [1.54, 1.807) is 18.2 Å². The summed E-state index contributed by atoms with van der Waals surface area (Å²) in [5, 5.41) is 12.7. The molecule has 1 N–H and O–H groups in total. The van der Waals surface area contributed by atoms with Crippen LogP contribution in [-0.2, 0) is 4.79 Å². The standard InChI is InChI=1S/C18H11Cl3N2O/c19-14-6-7-17(16(21)10-14)23-18(24)13(11-22)9-15(20)8-12-4-2-1-3-5-12/h1-10H,(H,23,24)/b13-9+,15-8-. The Labute approximate surface area is 154 Å². The molecule has 0 bridgehead atoms. The molecule has 0 aliphatic carbocycles. The van der Waals surface area contributed by atoms with Crippen molar-refractivity contribution in [3.8, 4) is 6.07 Å². The van der Waals surface area contributed by atoms with Gasteiger partial charge in [0.25, 0.3) is 5.91 Å². The molecule has 0 atom stereocenters. The summed E-state index contributed by atoms with van der Waals surface area (Å²) in [7, 11) is 0. The number of allylic oxidation sites excluding steroid dienone is 2. The topological polar surface area (TPSA) is 52.9 Å². The number of carbonyl (C=O) groups is 1. The van der Waals surface area contributed by atoms with Crippen molar-refractivity contribution in [1.82, 2.24) is 0 Å². The summed E-state index contributed by atoms with van der Waals surface area (Å²) in [5.74, 6) is -0.610. The molecule has 0 saturated carbocycles. The van der Waals surface area contributed by atoms with Crippen LogP contribution in [0.2, 0.25) is 10.0 Å². The van der Waals surface area contributed by atoms with Gasteiger partial charge in [0.1, 0.15) is 11.6 Å². The van der Waals surface area contributed by atoms with E-state index in [0.717, 1.165) is 5.56 Å². The van der Waals surface area contributed by atoms with E-state index in [2.05, 4.69) is 5.32 Å². The van der Waals surface area contributed by atoms with Crippen LogP contribution in [0.1, 0.15) is 5.56 Å². The van der Waals surface area contributed by atoms with Gasteiger partial charge < -0.3 is 5.32 Å². The number of nitrogens with one attached hydrogen (secondary N) is 1. The summed E-state index contributed by atoms with van der Waals surface area (Å²) >= 11 is 17.9. The maximum atomic E-state index is 12.2. The molecule has 0 unspecified atom stereocenters. The molecular weight excluding hydrogens is 367 g/mol. The highest BCUT2D eigenvalue weighted by molar-refractivity contribution is 6.37. The highest BCUT2D eigenvalue weighted by atomic mass is 35.5. The lowest BCUT2D eigenvalue weighted by Crippen LogP contribution is -2.13. The van der Waals surface area contributed by atoms with Gasteiger partial charge in [-0.2, -0.15) is 5.26 Å². The Bertz CT molecular complexity index is 852. The maximum absolute atomic E-state index is 12.2. The average Bonchev–Trinajstić information content (AvgIpc) is 2.56. The highest BCUT2D eigenvalue weighted by Gasteiger charge is 2.12. The minimum atomic E-state index is -0.610. The molecule has 0 radical (unpaired) electrons. The van der Waals surface area contributed by atoms with Gasteiger partial charge in [0, 0.05) is 10.1 Å². The second-order valence-electron chi connectivity index (χ2n) is 4.69. The number of amides is 1. The van der Waals surface area contributed by atoms with E-state index in [9.17, 15) is 10.1 Å². The third kappa shape index (κ3) is 5.14. The molecule has 0 aliphatic heterocycles. The van der Waals surface area contributed by atoms with Crippen LogP contribution in [0.4, 0.5) is 5.69 Å². The number of anilines is 1. The average molecular weight is 378 g/mol. The van der Waals surface area contributed by atoms with Crippen molar-refractivity contribution >= 4 is 52.5 Å². The van der Waals surface area contributed by atoms with Crippen molar-refractivity contribution in [1.29, 1.82) is 5.26 Å². The zero-order valence-corrected chi connectivity index (χ0v) is 14.5. The van der Waals surface area contributed by atoms with Gasteiger partial charge in [0.15, 0.2) is 0 Å². The van der Waals surface area contributed by atoms with E-state index in [0.29, 0.717) is 10.7 Å². The summed E-state index contributed by atoms with van der Waals surface area (Å²) < 4.78 is 0. The van der Waals surface area contributed by atoms with Gasteiger partial charge in [-0.1, -0.05) is 65.1 Å². The first-order valence-corrected chi connectivity index (χ1v) is 7.93. The second-order valence-corrected chi connectivity index (χ2v) is 5.97. The lowest BCUT2D eigenvalue weighted by atomic mass is 10.2. The Morgan fingerprint density at radius 2 is 1.83 bits per heavy atom. The van der Waals surface area contributed by atoms with Gasteiger partial charge in [-0.05, 0) is 35.9 Å². The van der Waals surface area contributed by atoms with Gasteiger partial charge in [0.2, 0.25) is 0 Å². The predicted molar refractivity (Wildman–Crippen MR) is 99.1 cm³/mol. The zero-order chi connectivity index (χ0) is 17.5. The van der Waals surface area contributed by atoms with Crippen LogP contribution in [0.25, 0.3) is 6.08 Å². The van der Waals surface area contributed by atoms with Crippen LogP contribution in [0, 0.1) is 11.3 Å². The van der Waals surface area contributed by atoms with E-state index in [-0.39, 0.29) is 15.6 Å². The molecule has 6 heteroatoms. The number of halogens is 3. The fourth-order valence-electron chi connectivity index (χ4n) is 1.82. The molecule has 1 amide bonds. The molecule has 0 spiro atoms. The zero-order valence-electron chi connectivity index (χ0n) is 12.3. The molecule has 0 fully saturated rings. The smallest absolute Gasteiger partial charge is 0.266 e. The van der Waals surface area contributed by atoms with E-state index in [4.69, 9.17) is 34.8 Å². The Hall–Kier alpha value is -2.25. The lowest BCUT2D eigenvalue weighted by molar-refractivity contribution is -0.112. The molecule has 2 aromatic rings. The molecular formula is C18H11Cl3N2O. The van der Waals surface area contributed by atoms with E-state index in [1.807, 2.05) is 36.4 Å². The number of hydrogen-bond acceptors (Lipinski definition) is 2. The van der Waals surface area contributed by atoms with Gasteiger partial charge in [0.05, 0.1) is 10.7 Å². The minimum Gasteiger partial charge on any atom is -0.320 e. The molecule has 0 saturated heterocycles. The monoisotopic (exact) mass is 376 g/mol. The van der Waals surface area contributed by atoms with Gasteiger partial charge in [-0.15, -0.1) is 0 Å². The van der Waals surface area contributed by atoms with E-state index in [1.165, 1.54) is 12.1 Å². The summed E-state index contributed by atoms with van der Waals surface area (Å²) in [6.45, 7) is 0. The van der Waals surface area contributed by atoms with Gasteiger partial charge >= 0.3 is 0 Å². The van der Waals surface area contributed by atoms with E-state index >= 15 is 0 Å². The van der Waals surface area contributed by atoms with Crippen molar-refractivity contribution in [2.75, 3.05) is 5.32 Å². The Kier molecular flexibility index (Phi) is 6.45. The first-order chi connectivity index (χ1) is 11.5. The van der Waals surface area contributed by atoms with Crippen molar-refractivity contribution in [2.45, 2.75) is 0 Å². The van der Waals surface area contributed by atoms with E-state index < -0.39 is 5.91 Å². The molecule has 0 heterocycles. The molecule has 0 aliphatic rings. The Morgan fingerprint density at radius 3 is 2.46 bits per heavy atom. The first kappa shape index (κ1) is 18.1. The van der Waals surface area contributed by atoms with Crippen molar-refractivity contribution < 1.29 is 4.79 Å². The molecule has 2 aromatic carbocycles. The van der Waals surface area contributed by atoms with Crippen molar-refractivity contribution in [2.24, 2.45) is 0 Å². The summed E-state index contributed by atoms with van der Waals surface area (Å²) in [5.41, 5.74) is 1.07. The molecule has 3 nitrogen and oxygen atoms in total. The van der Waals surface area contributed by atoms with Gasteiger partial charge in [-0.25, -0.2) is 0 Å².